The number of hydrogen-bond donors (Lipinski definition) is 1. The lowest BCUT2D eigenvalue weighted by molar-refractivity contribution is -0.220. The summed E-state index contributed by atoms with van der Waals surface area (Å²) >= 11 is 0. The van der Waals surface area contributed by atoms with E-state index in [2.05, 4.69) is 6.58 Å². The van der Waals surface area contributed by atoms with Gasteiger partial charge in [0.15, 0.2) is 5.78 Å². The van der Waals surface area contributed by atoms with E-state index in [9.17, 15) is 9.90 Å². The van der Waals surface area contributed by atoms with Crippen LogP contribution in [0.15, 0.2) is 122 Å². The van der Waals surface area contributed by atoms with Gasteiger partial charge in [0.1, 0.15) is 47.8 Å². The van der Waals surface area contributed by atoms with E-state index in [-0.39, 0.29) is 51.8 Å². The van der Waals surface area contributed by atoms with E-state index in [1.165, 1.54) is 7.11 Å². The second-order valence-corrected chi connectivity index (χ2v) is 17.0. The Morgan fingerprint density at radius 3 is 2.00 bits per heavy atom. The highest BCUT2D eigenvalue weighted by atomic mass is 16.7. The highest BCUT2D eigenvalue weighted by molar-refractivity contribution is 5.89. The molecular formula is C51H62O11. The molecule has 11 heteroatoms. The van der Waals surface area contributed by atoms with Gasteiger partial charge in [0.2, 0.25) is 0 Å². The molecular weight excluding hydrogens is 789 g/mol. The van der Waals surface area contributed by atoms with Gasteiger partial charge in [-0.05, 0) is 72.4 Å². The van der Waals surface area contributed by atoms with Crippen LogP contribution in [0.5, 0.6) is 11.5 Å². The maximum atomic E-state index is 15.4. The van der Waals surface area contributed by atoms with Crippen molar-refractivity contribution in [2.45, 2.75) is 89.4 Å². The summed E-state index contributed by atoms with van der Waals surface area (Å²) in [6, 6.07) is 33.6. The number of benzene rings is 4. The molecule has 2 aliphatic rings. The number of aliphatic hydroxyl groups is 1. The summed E-state index contributed by atoms with van der Waals surface area (Å²) in [6.45, 7) is 10.2. The molecule has 2 bridgehead atoms. The van der Waals surface area contributed by atoms with Crippen molar-refractivity contribution in [1.82, 2.24) is 0 Å². The van der Waals surface area contributed by atoms with Crippen LogP contribution in [0.2, 0.25) is 0 Å². The summed E-state index contributed by atoms with van der Waals surface area (Å²) in [5.74, 6) is -1.45. The monoisotopic (exact) mass is 850 g/mol. The van der Waals surface area contributed by atoms with Gasteiger partial charge in [-0.1, -0.05) is 99.6 Å². The number of rotatable bonds is 20. The summed E-state index contributed by atoms with van der Waals surface area (Å²) in [6.07, 6.45) is -0.575. The lowest BCUT2D eigenvalue weighted by atomic mass is 9.66. The first kappa shape index (κ1) is 46.6. The number of ether oxygens (including phenoxy) is 8. The molecule has 2 saturated carbocycles. The smallest absolute Gasteiger partial charge is 0.338 e. The lowest BCUT2D eigenvalue weighted by Gasteiger charge is -2.49. The number of carbonyl (C=O) groups is 2. The molecule has 0 amide bonds. The van der Waals surface area contributed by atoms with E-state index in [0.717, 1.165) is 16.7 Å². The van der Waals surface area contributed by atoms with Crippen molar-refractivity contribution in [3.8, 4) is 11.5 Å². The van der Waals surface area contributed by atoms with Crippen LogP contribution in [0.25, 0.3) is 0 Å². The molecule has 2 unspecified atom stereocenters. The van der Waals surface area contributed by atoms with Crippen LogP contribution in [-0.4, -0.2) is 81.1 Å². The van der Waals surface area contributed by atoms with Crippen LogP contribution in [-0.2, 0) is 53.0 Å². The molecule has 4 aromatic rings. The van der Waals surface area contributed by atoms with Crippen molar-refractivity contribution < 1.29 is 52.6 Å². The SMILES string of the molecule is C=C[C@@H](OCc1ccc(OC)cc1)[C@](COCc1ccc(OC)cc1)(OCc1ccccc1)[C@H]1C[C@H](OC(=O)c2ccccc2)C2(O)CCC([C@@H](OCOC)C(=O)[C@@H]1C)C2(C)C. The fourth-order valence-corrected chi connectivity index (χ4v) is 9.44. The predicted molar refractivity (Wildman–Crippen MR) is 235 cm³/mol. The lowest BCUT2D eigenvalue weighted by Crippen LogP contribution is -2.60. The molecule has 11 nitrogen and oxygen atoms in total. The molecule has 0 spiro atoms. The second-order valence-electron chi connectivity index (χ2n) is 17.0. The quantitative estimate of drug-likeness (QED) is 0.0522. The van der Waals surface area contributed by atoms with E-state index < -0.39 is 58.7 Å². The Labute approximate surface area is 366 Å². The number of ketones is 1. The van der Waals surface area contributed by atoms with E-state index in [4.69, 9.17) is 37.9 Å². The summed E-state index contributed by atoms with van der Waals surface area (Å²) in [5, 5.41) is 13.2. The largest absolute Gasteiger partial charge is 0.497 e. The average Bonchev–Trinajstić information content (AvgIpc) is 3.55. The number of fused-ring (bicyclic) bond motifs is 2. The minimum atomic E-state index is -1.60. The fourth-order valence-electron chi connectivity index (χ4n) is 9.44. The Bertz CT molecular complexity index is 2040. The topological polar surface area (TPSA) is 128 Å². The number of hydrogen-bond acceptors (Lipinski definition) is 11. The third-order valence-corrected chi connectivity index (χ3v) is 13.2. The molecule has 6 rings (SSSR count). The zero-order valence-corrected chi connectivity index (χ0v) is 36.8. The zero-order chi connectivity index (χ0) is 44.3. The summed E-state index contributed by atoms with van der Waals surface area (Å²) in [5.41, 5.74) is -1.08. The normalized spacial score (nSPS) is 24.8. The van der Waals surface area contributed by atoms with Gasteiger partial charge in [-0.25, -0.2) is 4.79 Å². The van der Waals surface area contributed by atoms with Crippen LogP contribution in [0, 0.1) is 23.2 Å². The van der Waals surface area contributed by atoms with E-state index in [1.54, 1.807) is 44.6 Å². The summed E-state index contributed by atoms with van der Waals surface area (Å²) in [7, 11) is 4.74. The fraction of sp³-hybridized carbons (Fsp3) is 0.451. The minimum absolute atomic E-state index is 0.00600. The molecule has 0 aromatic heterocycles. The maximum absolute atomic E-state index is 15.4. The van der Waals surface area contributed by atoms with Crippen molar-refractivity contribution in [2.75, 3.05) is 34.7 Å². The minimum Gasteiger partial charge on any atom is -0.497 e. The van der Waals surface area contributed by atoms with Gasteiger partial charge in [-0.15, -0.1) is 6.58 Å². The molecule has 0 radical (unpaired) electrons. The third-order valence-electron chi connectivity index (χ3n) is 13.2. The molecule has 1 N–H and O–H groups in total. The molecule has 8 atom stereocenters. The van der Waals surface area contributed by atoms with Crippen molar-refractivity contribution in [1.29, 1.82) is 0 Å². The van der Waals surface area contributed by atoms with Crippen molar-refractivity contribution >= 4 is 11.8 Å². The van der Waals surface area contributed by atoms with Gasteiger partial charge >= 0.3 is 5.97 Å². The first-order valence-corrected chi connectivity index (χ1v) is 21.3. The predicted octanol–water partition coefficient (Wildman–Crippen LogP) is 8.55. The van der Waals surface area contributed by atoms with Crippen LogP contribution < -0.4 is 9.47 Å². The summed E-state index contributed by atoms with van der Waals surface area (Å²) < 4.78 is 49.9. The van der Waals surface area contributed by atoms with E-state index >= 15 is 4.79 Å². The Balaban J connectivity index is 1.52. The zero-order valence-electron chi connectivity index (χ0n) is 36.8. The molecule has 4 aromatic carbocycles. The second kappa shape index (κ2) is 21.0. The Hall–Kier alpha value is -4.88. The van der Waals surface area contributed by atoms with E-state index in [1.807, 2.05) is 106 Å². The molecule has 62 heavy (non-hydrogen) atoms. The van der Waals surface area contributed by atoms with Gasteiger partial charge in [-0.3, -0.25) is 4.79 Å². The molecule has 2 aliphatic carbocycles. The van der Waals surface area contributed by atoms with Crippen molar-refractivity contribution in [3.63, 3.8) is 0 Å². The van der Waals surface area contributed by atoms with Gasteiger partial charge in [-0.2, -0.15) is 0 Å². The first-order chi connectivity index (χ1) is 29.9. The standard InChI is InChI=1S/C51H62O11/c1-8-44(59-31-38-21-25-41(57-7)26-22-38)50(61-32-36-15-11-9-12-16-36,33-58-30-37-19-23-40(56-6)24-20-37)43-29-45(62-48(53)39-17-13-10-14-18-39)51(54)28-27-42(49(51,3)4)47(60-34-55-5)46(52)35(43)2/h8-26,35,42-45,47,54H,1,27-34H2,2-7H3/t35-,42?,43+,44-,45+,47-,50-,51?/m1/s1. The van der Waals surface area contributed by atoms with Gasteiger partial charge in [0, 0.05) is 30.3 Å². The van der Waals surface area contributed by atoms with Crippen LogP contribution in [0.3, 0.4) is 0 Å². The average molecular weight is 851 g/mol. The highest BCUT2D eigenvalue weighted by Crippen LogP contribution is 2.58. The third kappa shape index (κ3) is 10.1. The Kier molecular flexibility index (Phi) is 15.8. The van der Waals surface area contributed by atoms with Crippen molar-refractivity contribution in [3.05, 3.63) is 144 Å². The Morgan fingerprint density at radius 2 is 1.42 bits per heavy atom. The first-order valence-electron chi connectivity index (χ1n) is 21.3. The molecule has 2 fully saturated rings. The molecule has 332 valence electrons. The number of carbonyl (C=O) groups excluding carboxylic acids is 2. The Morgan fingerprint density at radius 1 is 0.839 bits per heavy atom. The highest BCUT2D eigenvalue weighted by Gasteiger charge is 2.65. The van der Waals surface area contributed by atoms with Crippen LogP contribution in [0.1, 0.15) is 67.1 Å². The molecule has 0 aliphatic heterocycles. The van der Waals surface area contributed by atoms with Gasteiger partial charge in [0.25, 0.3) is 0 Å². The summed E-state index contributed by atoms with van der Waals surface area (Å²) in [4.78, 5) is 29.5. The van der Waals surface area contributed by atoms with E-state index in [0.29, 0.717) is 23.5 Å². The molecule has 0 heterocycles. The maximum Gasteiger partial charge on any atom is 0.338 e. The van der Waals surface area contributed by atoms with Gasteiger partial charge in [0.05, 0.1) is 46.2 Å². The van der Waals surface area contributed by atoms with Crippen LogP contribution in [0.4, 0.5) is 0 Å². The number of methoxy groups -OCH3 is 3. The van der Waals surface area contributed by atoms with Gasteiger partial charge < -0.3 is 43.0 Å². The van der Waals surface area contributed by atoms with Crippen molar-refractivity contribution in [2.24, 2.45) is 23.2 Å². The van der Waals surface area contributed by atoms with Crippen LogP contribution >= 0.6 is 0 Å². The number of esters is 1. The number of Topliss-reactive ketones (excluding diaryl/α,β-unsaturated/α-hetero) is 1. The molecule has 0 saturated heterocycles.